The van der Waals surface area contributed by atoms with Crippen LogP contribution in [0.3, 0.4) is 0 Å². The third-order valence-electron chi connectivity index (χ3n) is 3.26. The van der Waals surface area contributed by atoms with Gasteiger partial charge in [-0.2, -0.15) is 0 Å². The van der Waals surface area contributed by atoms with E-state index in [9.17, 15) is 16.8 Å². The Morgan fingerprint density at radius 1 is 1.35 bits per heavy atom. The molecule has 1 aliphatic rings. The van der Waals surface area contributed by atoms with Gasteiger partial charge >= 0.3 is 0 Å². The number of hydrogen-bond acceptors (Lipinski definition) is 4. The van der Waals surface area contributed by atoms with Gasteiger partial charge in [-0.15, -0.1) is 0 Å². The number of rotatable bonds is 3. The lowest BCUT2D eigenvalue weighted by atomic mass is 10.0. The summed E-state index contributed by atoms with van der Waals surface area (Å²) in [6, 6.07) is 4.92. The highest BCUT2D eigenvalue weighted by atomic mass is 79.9. The number of halogens is 1. The Morgan fingerprint density at radius 3 is 2.50 bits per heavy atom. The second-order valence-corrected chi connectivity index (χ2v) is 10.1. The Balaban J connectivity index is 2.33. The second-order valence-electron chi connectivity index (χ2n) is 5.44. The Labute approximate surface area is 127 Å². The predicted octanol–water partition coefficient (Wildman–Crippen LogP) is 1.61. The molecule has 0 amide bonds. The quantitative estimate of drug-likeness (QED) is 0.862. The summed E-state index contributed by atoms with van der Waals surface area (Å²) in [4.78, 5) is 0.119. The molecule has 1 unspecified atom stereocenters. The van der Waals surface area contributed by atoms with Crippen LogP contribution < -0.4 is 4.72 Å². The van der Waals surface area contributed by atoms with Gasteiger partial charge in [0.1, 0.15) is 0 Å². The van der Waals surface area contributed by atoms with Gasteiger partial charge in [-0.1, -0.05) is 6.07 Å². The minimum atomic E-state index is -3.76. The van der Waals surface area contributed by atoms with E-state index in [0.29, 0.717) is 4.47 Å². The molecule has 1 heterocycles. The van der Waals surface area contributed by atoms with E-state index in [1.807, 2.05) is 6.92 Å². The molecule has 0 aliphatic carbocycles. The summed E-state index contributed by atoms with van der Waals surface area (Å²) in [6.07, 6.45) is 0.290. The number of sulfonamides is 1. The maximum absolute atomic E-state index is 12.4. The summed E-state index contributed by atoms with van der Waals surface area (Å²) in [5.41, 5.74) is -0.00684. The summed E-state index contributed by atoms with van der Waals surface area (Å²) in [5.74, 6) is -0.149. The van der Waals surface area contributed by atoms with Crippen LogP contribution in [0.1, 0.15) is 18.9 Å². The van der Waals surface area contributed by atoms with Crippen molar-refractivity contribution in [2.24, 2.45) is 0 Å². The van der Waals surface area contributed by atoms with Gasteiger partial charge in [-0.3, -0.25) is 0 Å². The van der Waals surface area contributed by atoms with Crippen LogP contribution in [0, 0.1) is 6.92 Å². The zero-order valence-electron chi connectivity index (χ0n) is 11.2. The smallest absolute Gasteiger partial charge is 0.229 e. The van der Waals surface area contributed by atoms with Crippen molar-refractivity contribution in [1.29, 1.82) is 0 Å². The molecule has 1 aromatic rings. The molecule has 0 spiro atoms. The van der Waals surface area contributed by atoms with E-state index in [4.69, 9.17) is 0 Å². The van der Waals surface area contributed by atoms with Crippen molar-refractivity contribution >= 4 is 35.8 Å². The molecule has 0 aromatic heterocycles. The zero-order chi connectivity index (χ0) is 15.2. The molecule has 1 aliphatic heterocycles. The van der Waals surface area contributed by atoms with Gasteiger partial charge in [-0.25, -0.2) is 21.6 Å². The standard InChI is InChI=1S/C12H16BrNO4S2/c1-9-3-4-11(10(13)7-9)20(17,18)14-12(2)5-6-19(15,16)8-12/h3-4,7,14H,5-6,8H2,1-2H3. The number of hydrogen-bond donors (Lipinski definition) is 1. The summed E-state index contributed by atoms with van der Waals surface area (Å²) in [5, 5.41) is 0. The van der Waals surface area contributed by atoms with Crippen LogP contribution in [0.25, 0.3) is 0 Å². The van der Waals surface area contributed by atoms with Crippen LogP contribution in [0.15, 0.2) is 27.6 Å². The average Bonchev–Trinajstić information content (AvgIpc) is 2.50. The lowest BCUT2D eigenvalue weighted by molar-refractivity contribution is 0.461. The average molecular weight is 382 g/mol. The van der Waals surface area contributed by atoms with Gasteiger partial charge in [0, 0.05) is 10.0 Å². The number of sulfone groups is 1. The third kappa shape index (κ3) is 3.41. The maximum atomic E-state index is 12.4. The molecular weight excluding hydrogens is 366 g/mol. The normalized spacial score (nSPS) is 25.8. The van der Waals surface area contributed by atoms with Gasteiger partial charge < -0.3 is 0 Å². The van der Waals surface area contributed by atoms with Crippen molar-refractivity contribution in [2.45, 2.75) is 30.7 Å². The first-order valence-corrected chi connectivity index (χ1v) is 10.1. The topological polar surface area (TPSA) is 80.3 Å². The van der Waals surface area contributed by atoms with Crippen LogP contribution in [0.2, 0.25) is 0 Å². The number of benzene rings is 1. The third-order valence-corrected chi connectivity index (χ3v) is 7.78. The van der Waals surface area contributed by atoms with E-state index >= 15 is 0 Å². The van der Waals surface area contributed by atoms with Crippen molar-refractivity contribution in [3.63, 3.8) is 0 Å². The summed E-state index contributed by atoms with van der Waals surface area (Å²) < 4.78 is 50.9. The van der Waals surface area contributed by atoms with Gasteiger partial charge in [-0.05, 0) is 53.9 Å². The van der Waals surface area contributed by atoms with Crippen LogP contribution in [0.5, 0.6) is 0 Å². The van der Waals surface area contributed by atoms with E-state index in [1.165, 1.54) is 6.07 Å². The van der Waals surface area contributed by atoms with Gasteiger partial charge in [0.15, 0.2) is 9.84 Å². The molecule has 5 nitrogen and oxygen atoms in total. The van der Waals surface area contributed by atoms with Gasteiger partial charge in [0.25, 0.3) is 0 Å². The largest absolute Gasteiger partial charge is 0.242 e. The van der Waals surface area contributed by atoms with Crippen LogP contribution in [-0.4, -0.2) is 33.9 Å². The molecule has 8 heteroatoms. The van der Waals surface area contributed by atoms with E-state index in [0.717, 1.165) is 5.56 Å². The molecule has 112 valence electrons. The fourth-order valence-corrected chi connectivity index (χ4v) is 7.11. The minimum absolute atomic E-state index is 0.0150. The highest BCUT2D eigenvalue weighted by molar-refractivity contribution is 9.10. The molecule has 20 heavy (non-hydrogen) atoms. The van der Waals surface area contributed by atoms with Crippen molar-refractivity contribution in [1.82, 2.24) is 4.72 Å². The lowest BCUT2D eigenvalue weighted by Crippen LogP contribution is -2.46. The minimum Gasteiger partial charge on any atom is -0.229 e. The molecular formula is C12H16BrNO4S2. The van der Waals surface area contributed by atoms with Crippen LogP contribution in [-0.2, 0) is 19.9 Å². The monoisotopic (exact) mass is 381 g/mol. The highest BCUT2D eigenvalue weighted by Crippen LogP contribution is 2.28. The van der Waals surface area contributed by atoms with Gasteiger partial charge in [0.05, 0.1) is 16.4 Å². The van der Waals surface area contributed by atoms with Crippen LogP contribution >= 0.6 is 15.9 Å². The lowest BCUT2D eigenvalue weighted by Gasteiger charge is -2.24. The Hall–Kier alpha value is -0.440. The first-order chi connectivity index (χ1) is 9.03. The summed E-state index contributed by atoms with van der Waals surface area (Å²) in [6.45, 7) is 3.48. The van der Waals surface area contributed by atoms with Gasteiger partial charge in [0.2, 0.25) is 10.0 Å². The van der Waals surface area contributed by atoms with E-state index in [1.54, 1.807) is 19.1 Å². The first kappa shape index (κ1) is 15.9. The molecule has 2 rings (SSSR count). The summed E-state index contributed by atoms with van der Waals surface area (Å²) in [7, 11) is -6.93. The molecule has 1 N–H and O–H groups in total. The summed E-state index contributed by atoms with van der Waals surface area (Å²) >= 11 is 3.23. The molecule has 1 saturated heterocycles. The van der Waals surface area contributed by atoms with E-state index < -0.39 is 25.4 Å². The Morgan fingerprint density at radius 2 is 2.00 bits per heavy atom. The first-order valence-electron chi connectivity index (χ1n) is 6.04. The Kier molecular flexibility index (Phi) is 4.05. The SMILES string of the molecule is Cc1ccc(S(=O)(=O)NC2(C)CCS(=O)(=O)C2)c(Br)c1. The molecule has 1 fully saturated rings. The second kappa shape index (κ2) is 5.08. The molecule has 1 atom stereocenters. The fraction of sp³-hybridized carbons (Fsp3) is 0.500. The maximum Gasteiger partial charge on any atom is 0.242 e. The van der Waals surface area contributed by atoms with Crippen molar-refractivity contribution < 1.29 is 16.8 Å². The van der Waals surface area contributed by atoms with Crippen molar-refractivity contribution in [2.75, 3.05) is 11.5 Å². The molecule has 0 bridgehead atoms. The zero-order valence-corrected chi connectivity index (χ0v) is 14.4. The van der Waals surface area contributed by atoms with Crippen molar-refractivity contribution in [3.8, 4) is 0 Å². The Bertz CT molecular complexity index is 743. The van der Waals surface area contributed by atoms with Crippen molar-refractivity contribution in [3.05, 3.63) is 28.2 Å². The van der Waals surface area contributed by atoms with E-state index in [-0.39, 0.29) is 22.8 Å². The van der Waals surface area contributed by atoms with E-state index in [2.05, 4.69) is 20.7 Å². The predicted molar refractivity (Wildman–Crippen MR) is 80.9 cm³/mol. The molecule has 1 aromatic carbocycles. The fourth-order valence-electron chi connectivity index (χ4n) is 2.29. The molecule has 0 saturated carbocycles. The number of nitrogens with one attached hydrogen (secondary N) is 1. The number of aryl methyl sites for hydroxylation is 1. The highest BCUT2D eigenvalue weighted by Gasteiger charge is 2.41. The molecule has 0 radical (unpaired) electrons. The van der Waals surface area contributed by atoms with Crippen LogP contribution in [0.4, 0.5) is 0 Å².